The molecule has 0 saturated carbocycles. The highest BCUT2D eigenvalue weighted by atomic mass is 16.5. The van der Waals surface area contributed by atoms with Crippen molar-refractivity contribution < 1.29 is 9.47 Å². The zero-order chi connectivity index (χ0) is 16.2. The zero-order valence-corrected chi connectivity index (χ0v) is 13.7. The number of ether oxygens (including phenoxy) is 2. The molecular formula is C20H22N2O2. The maximum Gasteiger partial charge on any atom is 0.135 e. The van der Waals surface area contributed by atoms with Crippen LogP contribution in [-0.4, -0.2) is 42.3 Å². The molecule has 2 aromatic carbocycles. The number of para-hydroxylation sites is 2. The van der Waals surface area contributed by atoms with Gasteiger partial charge >= 0.3 is 0 Å². The lowest BCUT2D eigenvalue weighted by Gasteiger charge is -2.23. The summed E-state index contributed by atoms with van der Waals surface area (Å²) in [5, 5.41) is 1.29. The van der Waals surface area contributed by atoms with Gasteiger partial charge in [-0.1, -0.05) is 36.4 Å². The van der Waals surface area contributed by atoms with Gasteiger partial charge in [0.1, 0.15) is 11.9 Å². The molecule has 0 aliphatic carbocycles. The third-order valence-electron chi connectivity index (χ3n) is 4.43. The summed E-state index contributed by atoms with van der Waals surface area (Å²) in [4.78, 5) is 5.77. The minimum absolute atomic E-state index is 0.0557. The molecule has 4 nitrogen and oxygen atoms in total. The van der Waals surface area contributed by atoms with E-state index < -0.39 is 0 Å². The molecule has 1 fully saturated rings. The monoisotopic (exact) mass is 322 g/mol. The molecule has 1 aliphatic heterocycles. The molecule has 4 heteroatoms. The Morgan fingerprint density at radius 2 is 1.92 bits per heavy atom. The van der Waals surface area contributed by atoms with E-state index in [1.165, 1.54) is 16.5 Å². The Hall–Kier alpha value is -2.30. The molecule has 0 radical (unpaired) electrons. The Bertz CT molecular complexity index is 784. The van der Waals surface area contributed by atoms with Crippen LogP contribution in [0.4, 0.5) is 0 Å². The molecule has 1 saturated heterocycles. The molecule has 1 aliphatic rings. The zero-order valence-electron chi connectivity index (χ0n) is 13.7. The molecule has 0 unspecified atom stereocenters. The number of hydrogen-bond donors (Lipinski definition) is 1. The lowest BCUT2D eigenvalue weighted by molar-refractivity contribution is 0.0710. The molecule has 24 heavy (non-hydrogen) atoms. The van der Waals surface area contributed by atoms with Crippen LogP contribution in [-0.2, 0) is 11.3 Å². The van der Waals surface area contributed by atoms with Crippen molar-refractivity contribution in [3.63, 3.8) is 0 Å². The van der Waals surface area contributed by atoms with Gasteiger partial charge in [-0.05, 0) is 23.8 Å². The van der Waals surface area contributed by atoms with Gasteiger partial charge in [-0.2, -0.15) is 0 Å². The Morgan fingerprint density at radius 1 is 1.08 bits per heavy atom. The first-order valence-electron chi connectivity index (χ1n) is 8.45. The number of aromatic nitrogens is 1. The van der Waals surface area contributed by atoms with Crippen molar-refractivity contribution in [3.8, 4) is 5.75 Å². The number of hydrogen-bond acceptors (Lipinski definition) is 3. The highest BCUT2D eigenvalue weighted by Gasteiger charge is 2.21. The minimum atomic E-state index is 0.0557. The first-order valence-corrected chi connectivity index (χ1v) is 8.45. The Kier molecular flexibility index (Phi) is 4.49. The second kappa shape index (κ2) is 7.07. The molecular weight excluding hydrogens is 300 g/mol. The maximum absolute atomic E-state index is 6.10. The number of H-pyrrole nitrogens is 1. The maximum atomic E-state index is 6.10. The van der Waals surface area contributed by atoms with E-state index >= 15 is 0 Å². The Balaban J connectivity index is 1.46. The van der Waals surface area contributed by atoms with Crippen molar-refractivity contribution >= 4 is 10.9 Å². The first-order chi connectivity index (χ1) is 11.9. The van der Waals surface area contributed by atoms with Gasteiger partial charge in [0, 0.05) is 36.7 Å². The molecule has 0 spiro atoms. The number of rotatable bonds is 4. The van der Waals surface area contributed by atoms with Gasteiger partial charge in [0.25, 0.3) is 0 Å². The summed E-state index contributed by atoms with van der Waals surface area (Å²) in [7, 11) is 0. The molecule has 1 aromatic heterocycles. The fourth-order valence-corrected chi connectivity index (χ4v) is 3.25. The summed E-state index contributed by atoms with van der Waals surface area (Å²) in [6.45, 7) is 4.08. The van der Waals surface area contributed by atoms with Crippen LogP contribution >= 0.6 is 0 Å². The van der Waals surface area contributed by atoms with Gasteiger partial charge in [-0.3, -0.25) is 4.90 Å². The fourth-order valence-electron chi connectivity index (χ4n) is 3.25. The third kappa shape index (κ3) is 3.45. The number of benzene rings is 2. The van der Waals surface area contributed by atoms with E-state index in [1.807, 2.05) is 30.3 Å². The van der Waals surface area contributed by atoms with Crippen LogP contribution < -0.4 is 4.74 Å². The Morgan fingerprint density at radius 3 is 2.83 bits per heavy atom. The van der Waals surface area contributed by atoms with E-state index in [0.717, 1.165) is 32.0 Å². The molecule has 0 bridgehead atoms. The lowest BCUT2D eigenvalue weighted by atomic mass is 10.1. The Labute approximate surface area is 142 Å². The summed E-state index contributed by atoms with van der Waals surface area (Å²) in [5.41, 5.74) is 2.52. The van der Waals surface area contributed by atoms with Gasteiger partial charge < -0.3 is 14.5 Å². The summed E-state index contributed by atoms with van der Waals surface area (Å²) in [6.07, 6.45) is 2.17. The number of fused-ring (bicyclic) bond motifs is 1. The van der Waals surface area contributed by atoms with Crippen LogP contribution in [0.15, 0.2) is 60.8 Å². The van der Waals surface area contributed by atoms with E-state index in [1.54, 1.807) is 0 Å². The second-order valence-electron chi connectivity index (χ2n) is 6.22. The summed E-state index contributed by atoms with van der Waals surface area (Å²) < 4.78 is 11.8. The molecule has 124 valence electrons. The van der Waals surface area contributed by atoms with Crippen LogP contribution in [0.3, 0.4) is 0 Å². The van der Waals surface area contributed by atoms with Gasteiger partial charge in [0.2, 0.25) is 0 Å². The predicted octanol–water partition coefficient (Wildman–Crippen LogP) is 3.45. The number of nitrogens with zero attached hydrogens (tertiary/aromatic N) is 1. The van der Waals surface area contributed by atoms with Crippen LogP contribution in [0.25, 0.3) is 10.9 Å². The van der Waals surface area contributed by atoms with Crippen LogP contribution in [0.1, 0.15) is 5.56 Å². The van der Waals surface area contributed by atoms with E-state index in [-0.39, 0.29) is 6.10 Å². The normalized spacial score (nSPS) is 19.2. The topological polar surface area (TPSA) is 37.5 Å². The standard InChI is InChI=1S/C20H22N2O2/c1-2-6-17(7-3-1)24-18-14-22(10-11-23-15-18)13-16-12-21-20-9-5-4-8-19(16)20/h1-9,12,18,21H,10-11,13-15H2/t18-/m1/s1. The van der Waals surface area contributed by atoms with Crippen molar-refractivity contribution in [2.75, 3.05) is 26.3 Å². The van der Waals surface area contributed by atoms with Crippen molar-refractivity contribution in [1.82, 2.24) is 9.88 Å². The van der Waals surface area contributed by atoms with E-state index in [4.69, 9.17) is 9.47 Å². The highest BCUT2D eigenvalue weighted by molar-refractivity contribution is 5.82. The third-order valence-corrected chi connectivity index (χ3v) is 4.43. The van der Waals surface area contributed by atoms with Gasteiger partial charge in [0.05, 0.1) is 13.2 Å². The number of nitrogens with one attached hydrogen (secondary N) is 1. The second-order valence-corrected chi connectivity index (χ2v) is 6.22. The largest absolute Gasteiger partial charge is 0.487 e. The van der Waals surface area contributed by atoms with Crippen molar-refractivity contribution in [2.45, 2.75) is 12.6 Å². The minimum Gasteiger partial charge on any atom is -0.487 e. The van der Waals surface area contributed by atoms with Crippen molar-refractivity contribution in [1.29, 1.82) is 0 Å². The van der Waals surface area contributed by atoms with Gasteiger partial charge in [-0.25, -0.2) is 0 Å². The summed E-state index contributed by atoms with van der Waals surface area (Å²) in [5.74, 6) is 0.903. The van der Waals surface area contributed by atoms with Crippen molar-refractivity contribution in [2.24, 2.45) is 0 Å². The molecule has 1 N–H and O–H groups in total. The SMILES string of the molecule is c1ccc(O[C@H]2COCCN(Cc3c[nH]c4ccccc34)C2)cc1. The molecule has 3 aromatic rings. The molecule has 1 atom stereocenters. The smallest absolute Gasteiger partial charge is 0.135 e. The average molecular weight is 322 g/mol. The van der Waals surface area contributed by atoms with E-state index in [9.17, 15) is 0 Å². The average Bonchev–Trinajstić information content (AvgIpc) is 2.89. The lowest BCUT2D eigenvalue weighted by Crippen LogP contribution is -2.35. The van der Waals surface area contributed by atoms with Crippen LogP contribution in [0, 0.1) is 0 Å². The molecule has 2 heterocycles. The number of aromatic amines is 1. The fraction of sp³-hybridized carbons (Fsp3) is 0.300. The van der Waals surface area contributed by atoms with Crippen molar-refractivity contribution in [3.05, 3.63) is 66.4 Å². The summed E-state index contributed by atoms with van der Waals surface area (Å²) in [6, 6.07) is 18.4. The van der Waals surface area contributed by atoms with E-state index in [2.05, 4.69) is 40.3 Å². The quantitative estimate of drug-likeness (QED) is 0.799. The highest BCUT2D eigenvalue weighted by Crippen LogP contribution is 2.20. The van der Waals surface area contributed by atoms with Gasteiger partial charge in [-0.15, -0.1) is 0 Å². The van der Waals surface area contributed by atoms with Gasteiger partial charge in [0.15, 0.2) is 0 Å². The first kappa shape index (κ1) is 15.2. The van der Waals surface area contributed by atoms with Crippen LogP contribution in [0.5, 0.6) is 5.75 Å². The molecule has 0 amide bonds. The van der Waals surface area contributed by atoms with Crippen LogP contribution in [0.2, 0.25) is 0 Å². The summed E-state index contributed by atoms with van der Waals surface area (Å²) >= 11 is 0. The predicted molar refractivity (Wildman–Crippen MR) is 95.3 cm³/mol. The van der Waals surface area contributed by atoms with E-state index in [0.29, 0.717) is 6.61 Å². The molecule has 4 rings (SSSR count).